The molecule has 4 heteroatoms. The number of hydrogen-bond acceptors (Lipinski definition) is 3. The van der Waals surface area contributed by atoms with Crippen LogP contribution < -0.4 is 5.32 Å². The second-order valence-corrected chi connectivity index (χ2v) is 6.59. The highest BCUT2D eigenvalue weighted by Gasteiger charge is 2.13. The number of thiazole rings is 1. The van der Waals surface area contributed by atoms with Crippen molar-refractivity contribution in [2.75, 3.05) is 6.54 Å². The molecule has 2 aromatic rings. The smallest absolute Gasteiger partial charge is 0.0975 e. The van der Waals surface area contributed by atoms with Gasteiger partial charge in [0.1, 0.15) is 0 Å². The van der Waals surface area contributed by atoms with Gasteiger partial charge < -0.3 is 5.32 Å². The molecule has 2 rings (SSSR count). The minimum absolute atomic E-state index is 0.381. The zero-order valence-corrected chi connectivity index (χ0v) is 13.8. The van der Waals surface area contributed by atoms with E-state index in [1.54, 1.807) is 0 Å². The van der Waals surface area contributed by atoms with E-state index < -0.39 is 0 Å². The van der Waals surface area contributed by atoms with Crippen LogP contribution in [0.2, 0.25) is 5.02 Å². The Morgan fingerprint density at radius 3 is 2.65 bits per heavy atom. The lowest BCUT2D eigenvalue weighted by Crippen LogP contribution is -2.18. The molecule has 20 heavy (non-hydrogen) atoms. The first-order chi connectivity index (χ1) is 9.60. The molecule has 108 valence electrons. The summed E-state index contributed by atoms with van der Waals surface area (Å²) in [4.78, 5) is 6.05. The van der Waals surface area contributed by atoms with Gasteiger partial charge in [0.2, 0.25) is 0 Å². The lowest BCUT2D eigenvalue weighted by molar-refractivity contribution is 0.575. The number of nitrogens with one attached hydrogen (secondary N) is 1. The van der Waals surface area contributed by atoms with Crippen molar-refractivity contribution in [3.63, 3.8) is 0 Å². The SMILES string of the molecule is CCCNC(C)c1sc(Cc2ccc(Cl)cc2)nc1C. The Morgan fingerprint density at radius 1 is 1.30 bits per heavy atom. The van der Waals surface area contributed by atoms with E-state index in [-0.39, 0.29) is 0 Å². The summed E-state index contributed by atoms with van der Waals surface area (Å²) in [7, 11) is 0. The zero-order valence-electron chi connectivity index (χ0n) is 12.2. The highest BCUT2D eigenvalue weighted by molar-refractivity contribution is 7.11. The predicted molar refractivity (Wildman–Crippen MR) is 87.8 cm³/mol. The van der Waals surface area contributed by atoms with Crippen molar-refractivity contribution >= 4 is 22.9 Å². The van der Waals surface area contributed by atoms with Gasteiger partial charge in [-0.25, -0.2) is 4.98 Å². The third-order valence-corrected chi connectivity index (χ3v) is 4.83. The molecule has 2 nitrogen and oxygen atoms in total. The first-order valence-corrected chi connectivity index (χ1v) is 8.23. The molecule has 0 aliphatic heterocycles. The fourth-order valence-corrected chi connectivity index (χ4v) is 3.43. The molecule has 1 N–H and O–H groups in total. The van der Waals surface area contributed by atoms with Crippen molar-refractivity contribution in [3.05, 3.63) is 50.4 Å². The van der Waals surface area contributed by atoms with Crippen LogP contribution in [0.5, 0.6) is 0 Å². The molecule has 0 amide bonds. The Morgan fingerprint density at radius 2 is 2.00 bits per heavy atom. The third-order valence-electron chi connectivity index (χ3n) is 3.24. The fraction of sp³-hybridized carbons (Fsp3) is 0.438. The largest absolute Gasteiger partial charge is 0.309 e. The predicted octanol–water partition coefficient (Wildman–Crippen LogP) is 4.76. The highest BCUT2D eigenvalue weighted by atomic mass is 35.5. The van der Waals surface area contributed by atoms with Crippen LogP contribution >= 0.6 is 22.9 Å². The minimum Gasteiger partial charge on any atom is -0.309 e. The molecule has 0 fully saturated rings. The average Bonchev–Trinajstić information content (AvgIpc) is 2.79. The van der Waals surface area contributed by atoms with E-state index in [4.69, 9.17) is 16.6 Å². The monoisotopic (exact) mass is 308 g/mol. The number of benzene rings is 1. The highest BCUT2D eigenvalue weighted by Crippen LogP contribution is 2.26. The molecule has 0 saturated carbocycles. The molecule has 1 unspecified atom stereocenters. The van der Waals surface area contributed by atoms with Crippen LogP contribution in [-0.2, 0) is 6.42 Å². The summed E-state index contributed by atoms with van der Waals surface area (Å²) < 4.78 is 0. The lowest BCUT2D eigenvalue weighted by Gasteiger charge is -2.11. The van der Waals surface area contributed by atoms with Crippen molar-refractivity contribution in [2.24, 2.45) is 0 Å². The molecule has 1 atom stereocenters. The molecule has 1 aromatic carbocycles. The molecule has 0 bridgehead atoms. The summed E-state index contributed by atoms with van der Waals surface area (Å²) in [6.07, 6.45) is 2.03. The van der Waals surface area contributed by atoms with Gasteiger partial charge >= 0.3 is 0 Å². The summed E-state index contributed by atoms with van der Waals surface area (Å²) in [5, 5.41) is 5.48. The number of rotatable bonds is 6. The fourth-order valence-electron chi connectivity index (χ4n) is 2.17. The molecule has 1 aromatic heterocycles. The van der Waals surface area contributed by atoms with E-state index in [9.17, 15) is 0 Å². The maximum atomic E-state index is 5.91. The van der Waals surface area contributed by atoms with Gasteiger partial charge in [-0.1, -0.05) is 30.7 Å². The van der Waals surface area contributed by atoms with E-state index in [0.717, 1.165) is 30.1 Å². The summed E-state index contributed by atoms with van der Waals surface area (Å²) >= 11 is 7.72. The van der Waals surface area contributed by atoms with Crippen molar-refractivity contribution in [1.29, 1.82) is 0 Å². The first-order valence-electron chi connectivity index (χ1n) is 7.04. The maximum absolute atomic E-state index is 5.91. The van der Waals surface area contributed by atoms with Crippen LogP contribution in [0.3, 0.4) is 0 Å². The molecule has 0 aliphatic carbocycles. The second-order valence-electron chi connectivity index (χ2n) is 5.04. The van der Waals surface area contributed by atoms with Crippen molar-refractivity contribution in [1.82, 2.24) is 10.3 Å². The molecule has 0 aliphatic rings. The van der Waals surface area contributed by atoms with Gasteiger partial charge in [0, 0.05) is 22.4 Å². The van der Waals surface area contributed by atoms with E-state index in [2.05, 4.69) is 38.2 Å². The maximum Gasteiger partial charge on any atom is 0.0975 e. The Bertz CT molecular complexity index is 548. The Kier molecular flexibility index (Phi) is 5.58. The van der Waals surface area contributed by atoms with Gasteiger partial charge in [0.15, 0.2) is 0 Å². The van der Waals surface area contributed by atoms with Crippen LogP contribution in [0.4, 0.5) is 0 Å². The van der Waals surface area contributed by atoms with Gasteiger partial charge in [-0.3, -0.25) is 0 Å². The van der Waals surface area contributed by atoms with Crippen LogP contribution in [0.1, 0.15) is 47.5 Å². The molecule has 0 radical (unpaired) electrons. The van der Waals surface area contributed by atoms with Crippen molar-refractivity contribution in [3.8, 4) is 0 Å². The Balaban J connectivity index is 2.08. The summed E-state index contributed by atoms with van der Waals surface area (Å²) in [5.41, 5.74) is 2.40. The van der Waals surface area contributed by atoms with Crippen molar-refractivity contribution < 1.29 is 0 Å². The Hall–Kier alpha value is -0.900. The van der Waals surface area contributed by atoms with Gasteiger partial charge in [-0.05, 0) is 44.5 Å². The molecule has 0 spiro atoms. The zero-order chi connectivity index (χ0) is 14.5. The van der Waals surface area contributed by atoms with Gasteiger partial charge in [0.05, 0.1) is 10.7 Å². The van der Waals surface area contributed by atoms with E-state index in [0.29, 0.717) is 6.04 Å². The average molecular weight is 309 g/mol. The topological polar surface area (TPSA) is 24.9 Å². The number of hydrogen-bond donors (Lipinski definition) is 1. The van der Waals surface area contributed by atoms with Gasteiger partial charge in [-0.2, -0.15) is 0 Å². The van der Waals surface area contributed by atoms with Gasteiger partial charge in [0.25, 0.3) is 0 Å². The van der Waals surface area contributed by atoms with Crippen LogP contribution in [-0.4, -0.2) is 11.5 Å². The quantitative estimate of drug-likeness (QED) is 0.832. The molecule has 0 saturated heterocycles. The van der Waals surface area contributed by atoms with Crippen LogP contribution in [0.25, 0.3) is 0 Å². The van der Waals surface area contributed by atoms with Crippen molar-refractivity contribution in [2.45, 2.75) is 39.7 Å². The van der Waals surface area contributed by atoms with E-state index >= 15 is 0 Å². The van der Waals surface area contributed by atoms with Crippen LogP contribution in [0.15, 0.2) is 24.3 Å². The minimum atomic E-state index is 0.381. The van der Waals surface area contributed by atoms with Crippen LogP contribution in [0, 0.1) is 6.92 Å². The van der Waals surface area contributed by atoms with E-state index in [1.165, 1.54) is 15.4 Å². The summed E-state index contributed by atoms with van der Waals surface area (Å²) in [5.74, 6) is 0. The Labute approximate surface area is 130 Å². The third kappa shape index (κ3) is 4.05. The summed E-state index contributed by atoms with van der Waals surface area (Å²) in [6.45, 7) is 7.54. The summed E-state index contributed by atoms with van der Waals surface area (Å²) in [6, 6.07) is 8.38. The second kappa shape index (κ2) is 7.21. The number of aromatic nitrogens is 1. The van der Waals surface area contributed by atoms with Gasteiger partial charge in [-0.15, -0.1) is 11.3 Å². The number of halogens is 1. The lowest BCUT2D eigenvalue weighted by atomic mass is 10.2. The molecular formula is C16H21ClN2S. The standard InChI is InChI=1S/C16H21ClN2S/c1-4-9-18-11(2)16-12(3)19-15(20-16)10-13-5-7-14(17)8-6-13/h5-8,11,18H,4,9-10H2,1-3H3. The first kappa shape index (κ1) is 15.5. The van der Waals surface area contributed by atoms with E-state index in [1.807, 2.05) is 23.5 Å². The number of aryl methyl sites for hydroxylation is 1. The molecular weight excluding hydrogens is 288 g/mol. The normalized spacial score (nSPS) is 12.6. The molecule has 1 heterocycles. The number of nitrogens with zero attached hydrogens (tertiary/aromatic N) is 1.